The third kappa shape index (κ3) is 12.0. The van der Waals surface area contributed by atoms with Crippen LogP contribution in [-0.2, 0) is 28.5 Å². The van der Waals surface area contributed by atoms with Crippen LogP contribution in [0.1, 0.15) is 17.2 Å². The summed E-state index contributed by atoms with van der Waals surface area (Å²) < 4.78 is 31.5. The summed E-state index contributed by atoms with van der Waals surface area (Å²) in [5, 5.41) is 17.1. The van der Waals surface area contributed by atoms with Gasteiger partial charge in [0.05, 0.1) is 46.2 Å². The van der Waals surface area contributed by atoms with Crippen molar-refractivity contribution in [3.8, 4) is 0 Å². The van der Waals surface area contributed by atoms with Crippen molar-refractivity contribution < 1.29 is 47.6 Å². The highest BCUT2D eigenvalue weighted by Crippen LogP contribution is 2.24. The van der Waals surface area contributed by atoms with Crippen molar-refractivity contribution in [2.75, 3.05) is 70.0 Å². The Balaban J connectivity index is 1.60. The van der Waals surface area contributed by atoms with Crippen LogP contribution in [-0.4, -0.2) is 82.6 Å². The van der Waals surface area contributed by atoms with E-state index in [1.807, 2.05) is 0 Å². The van der Waals surface area contributed by atoms with Gasteiger partial charge in [0.25, 0.3) is 5.91 Å². The molecule has 1 aromatic heterocycles. The molecule has 1 heterocycles. The van der Waals surface area contributed by atoms with E-state index in [0.29, 0.717) is 36.5 Å². The molecular weight excluding hydrogens is 590 g/mol. The van der Waals surface area contributed by atoms with Crippen LogP contribution in [0.4, 0.5) is 21.0 Å². The molecule has 0 spiro atoms. The van der Waals surface area contributed by atoms with Crippen molar-refractivity contribution in [2.24, 2.45) is 0 Å². The molecule has 0 aliphatic carbocycles. The molecule has 2 aromatic carbocycles. The van der Waals surface area contributed by atoms with Gasteiger partial charge in [0, 0.05) is 41.0 Å². The van der Waals surface area contributed by atoms with E-state index in [-0.39, 0.29) is 50.8 Å². The SMILES string of the molecule is C=CCOC(=O)Nc1ccc(C(OC(=O)Nc2ccc3c(C)cc(=O)oc3c2)C(=O)NCCOCCOCCOCCO)cc1. The zero-order valence-electron chi connectivity index (χ0n) is 24.9. The molecule has 0 bridgehead atoms. The number of anilines is 2. The number of carbonyl (C=O) groups excluding carboxylic acids is 3. The maximum atomic E-state index is 13.1. The standard InChI is InChI=1S/C31H37N3O11/c1-3-12-43-30(38)33-23-6-4-22(5-7-23)28(29(37)32-10-13-40-15-17-42-18-16-41-14-11-35)45-31(39)34-24-8-9-25-21(2)19-27(36)44-26(25)20-24/h3-9,19-20,28,35H,1,10-18H2,2H3,(H,32,37)(H,33,38)(H,34,39). The van der Waals surface area contributed by atoms with E-state index in [9.17, 15) is 19.2 Å². The molecule has 14 nitrogen and oxygen atoms in total. The second-order valence-electron chi connectivity index (χ2n) is 9.36. The molecule has 3 aromatic rings. The van der Waals surface area contributed by atoms with Gasteiger partial charge in [-0.05, 0) is 36.8 Å². The Labute approximate surface area is 259 Å². The molecule has 4 N–H and O–H groups in total. The molecule has 242 valence electrons. The summed E-state index contributed by atoms with van der Waals surface area (Å²) in [6.45, 7) is 7.11. The van der Waals surface area contributed by atoms with Gasteiger partial charge in [0.1, 0.15) is 12.2 Å². The van der Waals surface area contributed by atoms with Crippen molar-refractivity contribution in [3.63, 3.8) is 0 Å². The largest absolute Gasteiger partial charge is 0.445 e. The van der Waals surface area contributed by atoms with Gasteiger partial charge in [0.15, 0.2) is 0 Å². The van der Waals surface area contributed by atoms with Gasteiger partial charge in [-0.3, -0.25) is 15.4 Å². The Morgan fingerprint density at radius 1 is 0.889 bits per heavy atom. The van der Waals surface area contributed by atoms with Crippen LogP contribution >= 0.6 is 0 Å². The number of fused-ring (bicyclic) bond motifs is 1. The number of hydrogen-bond donors (Lipinski definition) is 4. The van der Waals surface area contributed by atoms with Gasteiger partial charge in [0.2, 0.25) is 6.10 Å². The van der Waals surface area contributed by atoms with Crippen LogP contribution in [0.3, 0.4) is 0 Å². The molecule has 45 heavy (non-hydrogen) atoms. The summed E-state index contributed by atoms with van der Waals surface area (Å²) in [5.74, 6) is -0.614. The second kappa shape index (κ2) is 18.8. The first-order valence-electron chi connectivity index (χ1n) is 14.1. The number of aliphatic hydroxyl groups excluding tert-OH is 1. The van der Waals surface area contributed by atoms with Gasteiger partial charge in [-0.1, -0.05) is 24.8 Å². The molecule has 3 amide bonds. The van der Waals surface area contributed by atoms with E-state index in [1.165, 1.54) is 42.5 Å². The molecule has 0 fully saturated rings. The molecule has 0 saturated carbocycles. The van der Waals surface area contributed by atoms with E-state index in [4.69, 9.17) is 33.2 Å². The zero-order valence-corrected chi connectivity index (χ0v) is 24.9. The first-order chi connectivity index (χ1) is 21.8. The zero-order chi connectivity index (χ0) is 32.4. The quantitative estimate of drug-likeness (QED) is 0.0922. The van der Waals surface area contributed by atoms with E-state index in [2.05, 4.69) is 22.5 Å². The Kier molecular flexibility index (Phi) is 14.5. The van der Waals surface area contributed by atoms with E-state index in [1.54, 1.807) is 19.1 Å². The molecule has 0 saturated heterocycles. The molecule has 0 aliphatic rings. The lowest BCUT2D eigenvalue weighted by Crippen LogP contribution is -2.35. The van der Waals surface area contributed by atoms with Crippen molar-refractivity contribution in [2.45, 2.75) is 13.0 Å². The van der Waals surface area contributed by atoms with E-state index >= 15 is 0 Å². The van der Waals surface area contributed by atoms with Gasteiger partial charge >= 0.3 is 17.8 Å². The Bertz CT molecular complexity index is 1470. The highest BCUT2D eigenvalue weighted by atomic mass is 16.6. The number of ether oxygens (including phenoxy) is 5. The van der Waals surface area contributed by atoms with Crippen molar-refractivity contribution in [1.82, 2.24) is 5.32 Å². The number of carbonyl (C=O) groups is 3. The highest BCUT2D eigenvalue weighted by Gasteiger charge is 2.25. The van der Waals surface area contributed by atoms with E-state index in [0.717, 1.165) is 5.56 Å². The maximum Gasteiger partial charge on any atom is 0.412 e. The molecule has 3 rings (SSSR count). The van der Waals surface area contributed by atoms with Gasteiger partial charge in [-0.2, -0.15) is 0 Å². The number of rotatable bonds is 18. The number of aliphatic hydroxyl groups is 1. The smallest absolute Gasteiger partial charge is 0.412 e. The van der Waals surface area contributed by atoms with Crippen molar-refractivity contribution in [1.29, 1.82) is 0 Å². The molecule has 0 aliphatic heterocycles. The monoisotopic (exact) mass is 627 g/mol. The van der Waals surface area contributed by atoms with Gasteiger partial charge in [-0.15, -0.1) is 0 Å². The van der Waals surface area contributed by atoms with Crippen LogP contribution in [0.15, 0.2) is 70.4 Å². The van der Waals surface area contributed by atoms with Crippen LogP contribution < -0.4 is 21.6 Å². The number of hydrogen-bond acceptors (Lipinski definition) is 11. The fourth-order valence-electron chi connectivity index (χ4n) is 3.91. The van der Waals surface area contributed by atoms with Crippen LogP contribution in [0.5, 0.6) is 0 Å². The average Bonchev–Trinajstić information content (AvgIpc) is 3.01. The van der Waals surface area contributed by atoms with Crippen molar-refractivity contribution >= 4 is 40.4 Å². The fraction of sp³-hybridized carbons (Fsp3) is 0.355. The van der Waals surface area contributed by atoms with Crippen LogP contribution in [0.2, 0.25) is 0 Å². The number of benzene rings is 2. The van der Waals surface area contributed by atoms with Crippen molar-refractivity contribution in [3.05, 3.63) is 82.7 Å². The summed E-state index contributed by atoms with van der Waals surface area (Å²) in [5.41, 5.74) is 1.48. The molecule has 14 heteroatoms. The molecule has 1 unspecified atom stereocenters. The van der Waals surface area contributed by atoms with Crippen LogP contribution in [0, 0.1) is 6.92 Å². The van der Waals surface area contributed by atoms with E-state index < -0.39 is 29.8 Å². The lowest BCUT2D eigenvalue weighted by molar-refractivity contribution is -0.129. The third-order valence-corrected chi connectivity index (χ3v) is 5.98. The first-order valence-corrected chi connectivity index (χ1v) is 14.1. The molecular formula is C31H37N3O11. The summed E-state index contributed by atoms with van der Waals surface area (Å²) in [6.07, 6.45) is -1.56. The molecule has 1 atom stereocenters. The predicted molar refractivity (Wildman–Crippen MR) is 164 cm³/mol. The number of amides is 3. The van der Waals surface area contributed by atoms with Gasteiger partial charge < -0.3 is 38.5 Å². The Morgan fingerprint density at radius 2 is 1.53 bits per heavy atom. The first kappa shape index (κ1) is 34.7. The van der Waals surface area contributed by atoms with Gasteiger partial charge in [-0.25, -0.2) is 14.4 Å². The average molecular weight is 628 g/mol. The Hall–Kier alpha value is -4.76. The predicted octanol–water partition coefficient (Wildman–Crippen LogP) is 3.28. The number of aryl methyl sites for hydroxylation is 1. The summed E-state index contributed by atoms with van der Waals surface area (Å²) in [7, 11) is 0. The maximum absolute atomic E-state index is 13.1. The lowest BCUT2D eigenvalue weighted by atomic mass is 10.1. The lowest BCUT2D eigenvalue weighted by Gasteiger charge is -2.19. The summed E-state index contributed by atoms with van der Waals surface area (Å²) >= 11 is 0. The Morgan fingerprint density at radius 3 is 2.22 bits per heavy atom. The summed E-state index contributed by atoms with van der Waals surface area (Å²) in [6, 6.07) is 12.2. The minimum atomic E-state index is -1.37. The molecule has 0 radical (unpaired) electrons. The second-order valence-corrected chi connectivity index (χ2v) is 9.36. The fourth-order valence-corrected chi connectivity index (χ4v) is 3.91. The third-order valence-electron chi connectivity index (χ3n) is 5.98. The normalized spacial score (nSPS) is 11.4. The number of nitrogens with one attached hydrogen (secondary N) is 3. The topological polar surface area (TPSA) is 184 Å². The van der Waals surface area contributed by atoms with Crippen LogP contribution in [0.25, 0.3) is 11.0 Å². The minimum Gasteiger partial charge on any atom is -0.445 e. The minimum absolute atomic E-state index is 0.0369. The summed E-state index contributed by atoms with van der Waals surface area (Å²) in [4.78, 5) is 49.7. The highest BCUT2D eigenvalue weighted by molar-refractivity contribution is 5.92.